The molecule has 0 aliphatic rings. The van der Waals surface area contributed by atoms with E-state index in [1.165, 1.54) is 5.56 Å². The van der Waals surface area contributed by atoms with Gasteiger partial charge < -0.3 is 15.7 Å². The van der Waals surface area contributed by atoms with Crippen LogP contribution in [0.2, 0.25) is 0 Å². The minimum absolute atomic E-state index is 0.0909. The summed E-state index contributed by atoms with van der Waals surface area (Å²) < 4.78 is 0. The highest BCUT2D eigenvalue weighted by atomic mass is 32.1. The summed E-state index contributed by atoms with van der Waals surface area (Å²) >= 11 is 1.65. The fourth-order valence-electron chi connectivity index (χ4n) is 4.01. The summed E-state index contributed by atoms with van der Waals surface area (Å²) in [5.74, 6) is -0.103. The molecule has 6 heteroatoms. The number of hydrogen-bond acceptors (Lipinski definition) is 5. The van der Waals surface area contributed by atoms with Gasteiger partial charge in [0.15, 0.2) is 0 Å². The van der Waals surface area contributed by atoms with E-state index >= 15 is 0 Å². The quantitative estimate of drug-likeness (QED) is 0.665. The smallest absolute Gasteiger partial charge is 0.221 e. The van der Waals surface area contributed by atoms with Crippen molar-refractivity contribution in [2.45, 2.75) is 58.9 Å². The van der Waals surface area contributed by atoms with Crippen LogP contribution in [0.4, 0.5) is 0 Å². The Morgan fingerprint density at radius 1 is 1.25 bits per heavy atom. The number of aryl methyl sites for hydroxylation is 3. The number of nitrogens with two attached hydrogens (primary N) is 1. The molecule has 0 aliphatic carbocycles. The van der Waals surface area contributed by atoms with Crippen molar-refractivity contribution in [3.63, 3.8) is 0 Å². The maximum Gasteiger partial charge on any atom is 0.221 e. The van der Waals surface area contributed by atoms with E-state index in [2.05, 4.69) is 16.8 Å². The first-order chi connectivity index (χ1) is 13.1. The molecule has 0 radical (unpaired) electrons. The number of aromatic hydroxyl groups is 1. The van der Waals surface area contributed by atoms with Gasteiger partial charge in [0.05, 0.1) is 5.01 Å². The zero-order valence-electron chi connectivity index (χ0n) is 17.8. The van der Waals surface area contributed by atoms with Gasteiger partial charge in [-0.3, -0.25) is 4.79 Å². The van der Waals surface area contributed by atoms with E-state index in [4.69, 9.17) is 5.73 Å². The summed E-state index contributed by atoms with van der Waals surface area (Å²) in [6, 6.07) is 3.77. The van der Waals surface area contributed by atoms with Crippen LogP contribution in [0, 0.1) is 26.7 Å². The van der Waals surface area contributed by atoms with Crippen LogP contribution in [0.3, 0.4) is 0 Å². The first-order valence-electron chi connectivity index (χ1n) is 9.81. The first-order valence-corrected chi connectivity index (χ1v) is 10.6. The predicted octanol–water partition coefficient (Wildman–Crippen LogP) is 3.93. The zero-order chi connectivity index (χ0) is 21.0. The molecular weight excluding hydrogens is 370 g/mol. The summed E-state index contributed by atoms with van der Waals surface area (Å²) in [6.45, 7) is 8.14. The van der Waals surface area contributed by atoms with E-state index in [0.29, 0.717) is 12.2 Å². The number of nitrogens with zero attached hydrogens (tertiary/aromatic N) is 2. The fraction of sp³-hybridized carbons (Fsp3) is 0.545. The molecule has 0 aliphatic heterocycles. The minimum Gasteiger partial charge on any atom is -0.508 e. The standard InChI is InChI=1S/C22H33N3O2S/c1-7-18(21-12-24-15(4)28-21)20(22(23)27)11-16(25(5)6)10-19-13(2)8-17(26)9-14(19)3/h8-9,12,16,18,20,26H,7,10-11H2,1-6H3,(H2,23,27)/t16-,18?,20?/m1/s1. The van der Waals surface area contributed by atoms with E-state index in [9.17, 15) is 9.90 Å². The Hall–Kier alpha value is -1.92. The zero-order valence-corrected chi connectivity index (χ0v) is 18.6. The number of benzene rings is 1. The molecule has 1 aromatic heterocycles. The molecule has 154 valence electrons. The lowest BCUT2D eigenvalue weighted by Crippen LogP contribution is -2.38. The Morgan fingerprint density at radius 2 is 1.86 bits per heavy atom. The average molecular weight is 404 g/mol. The Balaban J connectivity index is 2.30. The third-order valence-electron chi connectivity index (χ3n) is 5.67. The van der Waals surface area contributed by atoms with Crippen molar-refractivity contribution in [1.29, 1.82) is 0 Å². The van der Waals surface area contributed by atoms with Gasteiger partial charge in [0.2, 0.25) is 5.91 Å². The molecule has 3 N–H and O–H groups in total. The van der Waals surface area contributed by atoms with Crippen molar-refractivity contribution < 1.29 is 9.90 Å². The maximum absolute atomic E-state index is 12.4. The second-order valence-electron chi connectivity index (χ2n) is 7.92. The molecule has 2 rings (SSSR count). The van der Waals surface area contributed by atoms with Gasteiger partial charge >= 0.3 is 0 Å². The topological polar surface area (TPSA) is 79.5 Å². The van der Waals surface area contributed by atoms with Crippen molar-refractivity contribution in [1.82, 2.24) is 9.88 Å². The van der Waals surface area contributed by atoms with Crippen LogP contribution >= 0.6 is 11.3 Å². The molecule has 5 nitrogen and oxygen atoms in total. The lowest BCUT2D eigenvalue weighted by atomic mass is 9.81. The molecule has 2 unspecified atom stereocenters. The first kappa shape index (κ1) is 22.4. The molecule has 0 fully saturated rings. The molecule has 0 bridgehead atoms. The summed E-state index contributed by atoms with van der Waals surface area (Å²) in [5, 5.41) is 10.8. The van der Waals surface area contributed by atoms with Crippen molar-refractivity contribution in [3.05, 3.63) is 44.9 Å². The molecule has 1 amide bonds. The van der Waals surface area contributed by atoms with E-state index < -0.39 is 0 Å². The van der Waals surface area contributed by atoms with Crippen LogP contribution in [0.5, 0.6) is 5.75 Å². The summed E-state index contributed by atoms with van der Waals surface area (Å²) in [6.07, 6.45) is 4.25. The number of primary amides is 1. The minimum atomic E-state index is -0.246. The number of hydrogen-bond donors (Lipinski definition) is 2. The van der Waals surface area contributed by atoms with Gasteiger partial charge in [-0.15, -0.1) is 11.3 Å². The van der Waals surface area contributed by atoms with Crippen LogP contribution < -0.4 is 5.73 Å². The summed E-state index contributed by atoms with van der Waals surface area (Å²) in [4.78, 5) is 20.1. The number of rotatable bonds is 9. The number of carbonyl (C=O) groups is 1. The largest absolute Gasteiger partial charge is 0.508 e. The number of thiazole rings is 1. The van der Waals surface area contributed by atoms with Crippen LogP contribution in [-0.2, 0) is 11.2 Å². The van der Waals surface area contributed by atoms with E-state index in [1.54, 1.807) is 23.5 Å². The summed E-state index contributed by atoms with van der Waals surface area (Å²) in [5.41, 5.74) is 9.24. The highest BCUT2D eigenvalue weighted by Crippen LogP contribution is 2.36. The number of phenolic OH excluding ortho intramolecular Hbond substituents is 1. The van der Waals surface area contributed by atoms with Crippen molar-refractivity contribution in [2.75, 3.05) is 14.1 Å². The number of aromatic nitrogens is 1. The fourth-order valence-corrected chi connectivity index (χ4v) is 5.04. The monoisotopic (exact) mass is 403 g/mol. The molecule has 0 saturated heterocycles. The SMILES string of the molecule is CCC(c1cnc(C)s1)C(C[C@@H](Cc1c(C)cc(O)cc1C)N(C)C)C(N)=O. The average Bonchev–Trinajstić information content (AvgIpc) is 3.01. The second-order valence-corrected chi connectivity index (χ2v) is 9.19. The van der Waals surface area contributed by atoms with Crippen LogP contribution in [0.15, 0.2) is 18.3 Å². The number of amides is 1. The molecule has 3 atom stereocenters. The molecule has 1 aromatic carbocycles. The second kappa shape index (κ2) is 9.52. The number of likely N-dealkylation sites (N-methyl/N-ethyl adjacent to an activating group) is 1. The highest BCUT2D eigenvalue weighted by molar-refractivity contribution is 7.11. The predicted molar refractivity (Wildman–Crippen MR) is 116 cm³/mol. The van der Waals surface area contributed by atoms with Gasteiger partial charge in [0, 0.05) is 29.0 Å². The van der Waals surface area contributed by atoms with Crippen molar-refractivity contribution in [3.8, 4) is 5.75 Å². The lowest BCUT2D eigenvalue weighted by molar-refractivity contribution is -0.123. The Morgan fingerprint density at radius 3 is 2.29 bits per heavy atom. The van der Waals surface area contributed by atoms with Crippen LogP contribution in [0.25, 0.3) is 0 Å². The van der Waals surface area contributed by atoms with Gasteiger partial charge in [0.1, 0.15) is 5.75 Å². The molecule has 0 saturated carbocycles. The van der Waals surface area contributed by atoms with E-state index in [0.717, 1.165) is 33.9 Å². The van der Waals surface area contributed by atoms with Crippen molar-refractivity contribution in [2.24, 2.45) is 11.7 Å². The van der Waals surface area contributed by atoms with Crippen LogP contribution in [0.1, 0.15) is 52.3 Å². The number of phenols is 1. The van der Waals surface area contributed by atoms with Gasteiger partial charge in [-0.1, -0.05) is 6.92 Å². The van der Waals surface area contributed by atoms with E-state index in [-0.39, 0.29) is 23.8 Å². The van der Waals surface area contributed by atoms with Crippen LogP contribution in [-0.4, -0.2) is 41.0 Å². The summed E-state index contributed by atoms with van der Waals surface area (Å²) in [7, 11) is 4.09. The molecule has 0 spiro atoms. The third-order valence-corrected chi connectivity index (χ3v) is 6.72. The maximum atomic E-state index is 12.4. The third kappa shape index (κ3) is 5.32. The van der Waals surface area contributed by atoms with Gasteiger partial charge in [0.25, 0.3) is 0 Å². The molecule has 28 heavy (non-hydrogen) atoms. The highest BCUT2D eigenvalue weighted by Gasteiger charge is 2.31. The number of carbonyl (C=O) groups excluding carboxylic acids is 1. The molecule has 1 heterocycles. The Kier molecular flexibility index (Phi) is 7.61. The Bertz CT molecular complexity index is 793. The van der Waals surface area contributed by atoms with E-state index in [1.807, 2.05) is 41.1 Å². The van der Waals surface area contributed by atoms with Crippen molar-refractivity contribution >= 4 is 17.2 Å². The lowest BCUT2D eigenvalue weighted by Gasteiger charge is -2.31. The normalized spacial score (nSPS) is 14.8. The van der Waals surface area contributed by atoms with Gasteiger partial charge in [-0.05, 0) is 83.0 Å². The molecular formula is C22H33N3O2S. The molecule has 2 aromatic rings. The van der Waals surface area contributed by atoms with Gasteiger partial charge in [-0.2, -0.15) is 0 Å². The van der Waals surface area contributed by atoms with Gasteiger partial charge in [-0.25, -0.2) is 4.98 Å². The Labute approximate surface area is 172 Å².